The molecule has 0 heterocycles. The Balaban J connectivity index is 1.90. The average Bonchev–Trinajstić information content (AvgIpc) is 2.59. The number of benzene rings is 3. The monoisotopic (exact) mass is 344 g/mol. The topological polar surface area (TPSA) is 26.3 Å². The Morgan fingerprint density at radius 3 is 2.28 bits per heavy atom. The normalized spacial score (nSPS) is 11.5. The number of hydrogen-bond acceptors (Lipinski definition) is 2. The van der Waals surface area contributed by atoms with E-state index in [4.69, 9.17) is 4.74 Å². The number of ether oxygens (including phenoxy) is 1. The van der Waals surface area contributed by atoms with Crippen molar-refractivity contribution in [2.75, 3.05) is 0 Å². The highest BCUT2D eigenvalue weighted by Crippen LogP contribution is 2.32. The Labute approximate surface area is 142 Å². The van der Waals surface area contributed by atoms with E-state index in [1.807, 2.05) is 30.3 Å². The second-order valence-corrected chi connectivity index (χ2v) is 5.70. The van der Waals surface area contributed by atoms with E-state index in [0.717, 1.165) is 22.9 Å². The van der Waals surface area contributed by atoms with Gasteiger partial charge in [0.25, 0.3) is 0 Å². The van der Waals surface area contributed by atoms with E-state index in [1.54, 1.807) is 6.07 Å². The van der Waals surface area contributed by atoms with E-state index < -0.39 is 11.7 Å². The van der Waals surface area contributed by atoms with Crippen molar-refractivity contribution in [1.29, 1.82) is 0 Å². The summed E-state index contributed by atoms with van der Waals surface area (Å²) in [6, 6.07) is 15.8. The average molecular weight is 344 g/mol. The molecule has 3 rings (SSSR count). The van der Waals surface area contributed by atoms with Crippen molar-refractivity contribution in [1.82, 2.24) is 0 Å². The van der Waals surface area contributed by atoms with Gasteiger partial charge in [-0.3, -0.25) is 4.79 Å². The van der Waals surface area contributed by atoms with Gasteiger partial charge in [-0.15, -0.1) is 0 Å². The summed E-state index contributed by atoms with van der Waals surface area (Å²) >= 11 is 0. The molecule has 0 amide bonds. The molecule has 0 radical (unpaired) electrons. The maximum absolute atomic E-state index is 12.6. The number of Topliss-reactive ketones (excluding diaryl/α,β-unsaturated/α-hetero) is 1. The number of ketones is 1. The van der Waals surface area contributed by atoms with Gasteiger partial charge in [0, 0.05) is 5.39 Å². The molecule has 5 heteroatoms. The summed E-state index contributed by atoms with van der Waals surface area (Å²) < 4.78 is 43.7. The maximum atomic E-state index is 12.6. The third-order valence-electron chi connectivity index (χ3n) is 3.92. The molecule has 0 N–H and O–H groups in total. The second kappa shape index (κ2) is 6.59. The number of rotatable bonds is 4. The van der Waals surface area contributed by atoms with E-state index in [1.165, 1.54) is 19.1 Å². The first-order valence-electron chi connectivity index (χ1n) is 7.68. The third kappa shape index (κ3) is 3.65. The van der Waals surface area contributed by atoms with Crippen LogP contribution in [0.1, 0.15) is 28.4 Å². The summed E-state index contributed by atoms with van der Waals surface area (Å²) in [4.78, 5) is 11.9. The lowest BCUT2D eigenvalue weighted by molar-refractivity contribution is -0.137. The van der Waals surface area contributed by atoms with Gasteiger partial charge in [0.2, 0.25) is 0 Å². The van der Waals surface area contributed by atoms with Crippen LogP contribution in [0.25, 0.3) is 10.8 Å². The summed E-state index contributed by atoms with van der Waals surface area (Å²) in [5, 5.41) is 1.72. The van der Waals surface area contributed by atoms with Gasteiger partial charge in [-0.05, 0) is 36.1 Å². The number of halogens is 3. The van der Waals surface area contributed by atoms with Crippen LogP contribution in [0.15, 0.2) is 60.7 Å². The van der Waals surface area contributed by atoms with E-state index >= 15 is 0 Å². The van der Waals surface area contributed by atoms with E-state index in [0.29, 0.717) is 16.9 Å². The zero-order chi connectivity index (χ0) is 18.0. The predicted octanol–water partition coefficient (Wildman–Crippen LogP) is 5.64. The van der Waals surface area contributed by atoms with Gasteiger partial charge in [-0.1, -0.05) is 42.5 Å². The Bertz CT molecular complexity index is 912. The molecule has 25 heavy (non-hydrogen) atoms. The van der Waals surface area contributed by atoms with Gasteiger partial charge in [0.05, 0.1) is 11.1 Å². The minimum atomic E-state index is -4.36. The summed E-state index contributed by atoms with van der Waals surface area (Å²) in [5.41, 5.74) is 0.340. The Kier molecular flexibility index (Phi) is 4.49. The predicted molar refractivity (Wildman–Crippen MR) is 89.7 cm³/mol. The molecule has 0 atom stereocenters. The van der Waals surface area contributed by atoms with Crippen LogP contribution in [0, 0.1) is 0 Å². The van der Waals surface area contributed by atoms with Crippen molar-refractivity contribution < 1.29 is 22.7 Å². The molecular weight excluding hydrogens is 329 g/mol. The zero-order valence-corrected chi connectivity index (χ0v) is 13.4. The smallest absolute Gasteiger partial charge is 0.416 e. The van der Waals surface area contributed by atoms with Gasteiger partial charge in [0.15, 0.2) is 5.78 Å². The van der Waals surface area contributed by atoms with Crippen molar-refractivity contribution in [3.8, 4) is 5.75 Å². The summed E-state index contributed by atoms with van der Waals surface area (Å²) in [7, 11) is 0. The molecule has 0 aliphatic rings. The molecule has 0 saturated heterocycles. The summed E-state index contributed by atoms with van der Waals surface area (Å²) in [6.07, 6.45) is -4.36. The standard InChI is InChI=1S/C20H15F3O2/c1-13(24)17-11-8-15-4-2-3-5-18(15)19(17)25-12-14-6-9-16(10-7-14)20(21,22)23/h2-11H,12H2,1H3. The van der Waals surface area contributed by atoms with Gasteiger partial charge in [0.1, 0.15) is 12.4 Å². The minimum Gasteiger partial charge on any atom is -0.487 e. The van der Waals surface area contributed by atoms with Crippen molar-refractivity contribution in [2.24, 2.45) is 0 Å². The van der Waals surface area contributed by atoms with Crippen molar-refractivity contribution in [3.05, 3.63) is 77.4 Å². The molecule has 0 aliphatic carbocycles. The highest BCUT2D eigenvalue weighted by molar-refractivity contribution is 6.03. The molecular formula is C20H15F3O2. The largest absolute Gasteiger partial charge is 0.487 e. The maximum Gasteiger partial charge on any atom is 0.416 e. The third-order valence-corrected chi connectivity index (χ3v) is 3.92. The molecule has 0 saturated carbocycles. The number of hydrogen-bond donors (Lipinski definition) is 0. The van der Waals surface area contributed by atoms with Crippen LogP contribution in [-0.2, 0) is 12.8 Å². The first-order valence-corrected chi connectivity index (χ1v) is 7.68. The first kappa shape index (κ1) is 17.0. The SMILES string of the molecule is CC(=O)c1ccc2ccccc2c1OCc1ccc(C(F)(F)F)cc1. The molecule has 0 aliphatic heterocycles. The molecule has 128 valence electrons. The molecule has 0 fully saturated rings. The Morgan fingerprint density at radius 2 is 1.64 bits per heavy atom. The number of alkyl halides is 3. The Morgan fingerprint density at radius 1 is 0.960 bits per heavy atom. The minimum absolute atomic E-state index is 0.0758. The highest BCUT2D eigenvalue weighted by Gasteiger charge is 2.29. The van der Waals surface area contributed by atoms with Gasteiger partial charge in [-0.2, -0.15) is 13.2 Å². The molecule has 2 nitrogen and oxygen atoms in total. The van der Waals surface area contributed by atoms with Crippen molar-refractivity contribution >= 4 is 16.6 Å². The van der Waals surface area contributed by atoms with Gasteiger partial charge in [-0.25, -0.2) is 0 Å². The fourth-order valence-electron chi connectivity index (χ4n) is 2.62. The first-order chi connectivity index (χ1) is 11.9. The van der Waals surface area contributed by atoms with Crippen molar-refractivity contribution in [2.45, 2.75) is 19.7 Å². The zero-order valence-electron chi connectivity index (χ0n) is 13.4. The highest BCUT2D eigenvalue weighted by atomic mass is 19.4. The lowest BCUT2D eigenvalue weighted by Gasteiger charge is -2.14. The Hall–Kier alpha value is -2.82. The second-order valence-electron chi connectivity index (χ2n) is 5.70. The van der Waals surface area contributed by atoms with Crippen molar-refractivity contribution in [3.63, 3.8) is 0 Å². The van der Waals surface area contributed by atoms with Crippen LogP contribution < -0.4 is 4.74 Å². The fourth-order valence-corrected chi connectivity index (χ4v) is 2.62. The van der Waals surface area contributed by atoms with E-state index in [-0.39, 0.29) is 12.4 Å². The van der Waals surface area contributed by atoms with Crippen LogP contribution in [0.5, 0.6) is 5.75 Å². The molecule has 3 aromatic rings. The van der Waals surface area contributed by atoms with Gasteiger partial charge < -0.3 is 4.74 Å². The van der Waals surface area contributed by atoms with Crippen LogP contribution in [0.3, 0.4) is 0 Å². The number of carbonyl (C=O) groups excluding carboxylic acids is 1. The van der Waals surface area contributed by atoms with E-state index in [9.17, 15) is 18.0 Å². The van der Waals surface area contributed by atoms with E-state index in [2.05, 4.69) is 0 Å². The number of fused-ring (bicyclic) bond motifs is 1. The molecule has 0 unspecified atom stereocenters. The summed E-state index contributed by atoms with van der Waals surface area (Å²) in [6.45, 7) is 1.53. The lowest BCUT2D eigenvalue weighted by Crippen LogP contribution is -2.06. The van der Waals surface area contributed by atoms with Crippen LogP contribution >= 0.6 is 0 Å². The number of carbonyl (C=O) groups is 1. The van der Waals surface area contributed by atoms with Crippen LogP contribution in [-0.4, -0.2) is 5.78 Å². The fraction of sp³-hybridized carbons (Fsp3) is 0.150. The van der Waals surface area contributed by atoms with Gasteiger partial charge >= 0.3 is 6.18 Å². The molecule has 0 spiro atoms. The van der Waals surface area contributed by atoms with Crippen LogP contribution in [0.4, 0.5) is 13.2 Å². The summed E-state index contributed by atoms with van der Waals surface area (Å²) in [5.74, 6) is 0.318. The molecule has 0 aromatic heterocycles. The van der Waals surface area contributed by atoms with Crippen LogP contribution in [0.2, 0.25) is 0 Å². The lowest BCUT2D eigenvalue weighted by atomic mass is 10.0. The molecule has 0 bridgehead atoms. The molecule has 3 aromatic carbocycles. The quantitative estimate of drug-likeness (QED) is 0.573.